The van der Waals surface area contributed by atoms with E-state index >= 15 is 0 Å². The highest BCUT2D eigenvalue weighted by molar-refractivity contribution is 5.87. The Morgan fingerprint density at radius 2 is 1.60 bits per heavy atom. The van der Waals surface area contributed by atoms with Crippen LogP contribution in [-0.4, -0.2) is 57.1 Å². The van der Waals surface area contributed by atoms with Gasteiger partial charge in [0.25, 0.3) is 0 Å². The second-order valence-corrected chi connectivity index (χ2v) is 8.08. The third-order valence-electron chi connectivity index (χ3n) is 4.93. The standard InChI is InChI=1S/C21H38N2O7/c1-3-4-5-6-7-8-15(24)13-16(25)11-14(2)12-17(22)20(28)23-18(21(29)30)9-10-19(26)27/h14-15,17-18,24H,3-13,22H2,1-2H3,(H,23,28)(H,26,27)(H,29,30)/t14?,15?,17-,18+/m0/s1. The molecule has 0 heterocycles. The summed E-state index contributed by atoms with van der Waals surface area (Å²) in [5, 5.41) is 30.0. The van der Waals surface area contributed by atoms with Crippen molar-refractivity contribution >= 4 is 23.6 Å². The third kappa shape index (κ3) is 14.1. The minimum absolute atomic E-state index is 0.0792. The number of hydrogen-bond acceptors (Lipinski definition) is 6. The monoisotopic (exact) mass is 430 g/mol. The molecule has 0 saturated carbocycles. The number of carbonyl (C=O) groups is 4. The highest BCUT2D eigenvalue weighted by Crippen LogP contribution is 2.15. The number of nitrogens with one attached hydrogen (secondary N) is 1. The van der Waals surface area contributed by atoms with Gasteiger partial charge in [-0.3, -0.25) is 14.4 Å². The number of aliphatic hydroxyl groups excluding tert-OH is 1. The summed E-state index contributed by atoms with van der Waals surface area (Å²) in [5.41, 5.74) is 5.82. The molecule has 2 unspecified atom stereocenters. The van der Waals surface area contributed by atoms with Crippen molar-refractivity contribution in [1.82, 2.24) is 5.32 Å². The molecule has 0 radical (unpaired) electrons. The largest absolute Gasteiger partial charge is 0.481 e. The predicted molar refractivity (Wildman–Crippen MR) is 112 cm³/mol. The SMILES string of the molecule is CCCCCCCC(O)CC(=O)CC(C)C[C@H](N)C(=O)N[C@H](CCC(=O)O)C(=O)O. The van der Waals surface area contributed by atoms with Gasteiger partial charge in [-0.25, -0.2) is 4.79 Å². The normalized spacial score (nSPS) is 15.1. The van der Waals surface area contributed by atoms with Crippen LogP contribution in [-0.2, 0) is 19.2 Å². The number of carboxylic acids is 2. The maximum atomic E-state index is 12.1. The molecule has 0 aromatic carbocycles. The number of rotatable bonds is 18. The molecule has 0 aromatic rings. The lowest BCUT2D eigenvalue weighted by Crippen LogP contribution is -2.49. The van der Waals surface area contributed by atoms with Gasteiger partial charge in [-0.15, -0.1) is 0 Å². The summed E-state index contributed by atoms with van der Waals surface area (Å²) in [7, 11) is 0. The Bertz CT molecular complexity index is 553. The first-order valence-electron chi connectivity index (χ1n) is 10.8. The fourth-order valence-electron chi connectivity index (χ4n) is 3.25. The van der Waals surface area contributed by atoms with E-state index in [9.17, 15) is 24.3 Å². The Labute approximate surface area is 178 Å². The molecule has 0 rings (SSSR count). The number of nitrogens with two attached hydrogens (primary N) is 1. The molecule has 0 bridgehead atoms. The van der Waals surface area contributed by atoms with Gasteiger partial charge in [-0.05, 0) is 25.2 Å². The highest BCUT2D eigenvalue weighted by Gasteiger charge is 2.25. The summed E-state index contributed by atoms with van der Waals surface area (Å²) in [5.74, 6) is -3.49. The van der Waals surface area contributed by atoms with Crippen molar-refractivity contribution in [3.8, 4) is 0 Å². The summed E-state index contributed by atoms with van der Waals surface area (Å²) in [6, 6.07) is -2.34. The van der Waals surface area contributed by atoms with Gasteiger partial charge < -0.3 is 26.4 Å². The smallest absolute Gasteiger partial charge is 0.326 e. The molecule has 9 nitrogen and oxygen atoms in total. The van der Waals surface area contributed by atoms with Crippen LogP contribution in [0.3, 0.4) is 0 Å². The topological polar surface area (TPSA) is 167 Å². The quantitative estimate of drug-likeness (QED) is 0.205. The average Bonchev–Trinajstić information content (AvgIpc) is 2.63. The molecule has 0 aliphatic rings. The fraction of sp³-hybridized carbons (Fsp3) is 0.810. The Morgan fingerprint density at radius 3 is 2.17 bits per heavy atom. The Hall–Kier alpha value is -2.00. The van der Waals surface area contributed by atoms with E-state index in [1.165, 1.54) is 6.42 Å². The Balaban J connectivity index is 4.29. The van der Waals surface area contributed by atoms with Crippen molar-refractivity contribution in [3.05, 3.63) is 0 Å². The molecule has 174 valence electrons. The average molecular weight is 431 g/mol. The van der Waals surface area contributed by atoms with Crippen LogP contribution in [0.4, 0.5) is 0 Å². The molecule has 0 aliphatic heterocycles. The van der Waals surface area contributed by atoms with Crippen LogP contribution in [0.2, 0.25) is 0 Å². The van der Waals surface area contributed by atoms with Crippen molar-refractivity contribution in [2.45, 2.75) is 103 Å². The van der Waals surface area contributed by atoms with Crippen molar-refractivity contribution in [3.63, 3.8) is 0 Å². The Morgan fingerprint density at radius 1 is 0.967 bits per heavy atom. The lowest BCUT2D eigenvalue weighted by atomic mass is 9.93. The first-order valence-corrected chi connectivity index (χ1v) is 10.8. The van der Waals surface area contributed by atoms with Crippen molar-refractivity contribution in [2.75, 3.05) is 0 Å². The predicted octanol–water partition coefficient (Wildman–Crippen LogP) is 1.84. The zero-order chi connectivity index (χ0) is 23.1. The maximum Gasteiger partial charge on any atom is 0.326 e. The number of unbranched alkanes of at least 4 members (excludes halogenated alkanes) is 4. The number of carboxylic acid groups (broad SMARTS) is 2. The second-order valence-electron chi connectivity index (χ2n) is 8.08. The van der Waals surface area contributed by atoms with Crippen molar-refractivity contribution in [2.24, 2.45) is 11.7 Å². The molecular weight excluding hydrogens is 392 g/mol. The number of hydrogen-bond donors (Lipinski definition) is 5. The molecule has 0 aromatic heterocycles. The molecule has 0 fully saturated rings. The van der Waals surface area contributed by atoms with E-state index in [0.29, 0.717) is 6.42 Å². The number of aliphatic hydroxyl groups is 1. The van der Waals surface area contributed by atoms with E-state index in [0.717, 1.165) is 25.7 Å². The van der Waals surface area contributed by atoms with E-state index in [1.807, 2.05) is 0 Å². The van der Waals surface area contributed by atoms with E-state index in [2.05, 4.69) is 12.2 Å². The minimum atomic E-state index is -1.33. The third-order valence-corrected chi connectivity index (χ3v) is 4.93. The first-order chi connectivity index (χ1) is 14.1. The van der Waals surface area contributed by atoms with Crippen LogP contribution in [0.15, 0.2) is 0 Å². The second kappa shape index (κ2) is 15.8. The number of aliphatic carboxylic acids is 2. The number of carbonyl (C=O) groups excluding carboxylic acids is 2. The molecule has 4 atom stereocenters. The van der Waals surface area contributed by atoms with E-state index in [-0.39, 0.29) is 37.4 Å². The molecule has 30 heavy (non-hydrogen) atoms. The van der Waals surface area contributed by atoms with Crippen LogP contribution >= 0.6 is 0 Å². The summed E-state index contributed by atoms with van der Waals surface area (Å²) < 4.78 is 0. The fourth-order valence-corrected chi connectivity index (χ4v) is 3.25. The van der Waals surface area contributed by atoms with Crippen LogP contribution in [0.1, 0.15) is 84.5 Å². The molecule has 6 N–H and O–H groups in total. The minimum Gasteiger partial charge on any atom is -0.481 e. The molecule has 0 aliphatic carbocycles. The van der Waals surface area contributed by atoms with E-state index < -0.39 is 42.5 Å². The summed E-state index contributed by atoms with van der Waals surface area (Å²) in [4.78, 5) is 46.0. The van der Waals surface area contributed by atoms with Crippen molar-refractivity contribution < 1.29 is 34.5 Å². The van der Waals surface area contributed by atoms with Crippen LogP contribution in [0.25, 0.3) is 0 Å². The highest BCUT2D eigenvalue weighted by atomic mass is 16.4. The summed E-state index contributed by atoms with van der Waals surface area (Å²) in [6.07, 6.45) is 5.13. The van der Waals surface area contributed by atoms with Gasteiger partial charge >= 0.3 is 11.9 Å². The molecule has 0 spiro atoms. The lowest BCUT2D eigenvalue weighted by Gasteiger charge is -2.20. The number of Topliss-reactive ketones (excluding diaryl/α,β-unsaturated/α-hetero) is 1. The zero-order valence-corrected chi connectivity index (χ0v) is 18.1. The van der Waals surface area contributed by atoms with Crippen LogP contribution in [0, 0.1) is 5.92 Å². The van der Waals surface area contributed by atoms with Gasteiger partial charge in [0.2, 0.25) is 5.91 Å². The molecular formula is C21H38N2O7. The molecule has 0 saturated heterocycles. The van der Waals surface area contributed by atoms with Gasteiger partial charge in [0.15, 0.2) is 0 Å². The lowest BCUT2D eigenvalue weighted by molar-refractivity contribution is -0.143. The number of ketones is 1. The van der Waals surface area contributed by atoms with Crippen LogP contribution in [0.5, 0.6) is 0 Å². The van der Waals surface area contributed by atoms with Gasteiger partial charge in [0.1, 0.15) is 11.8 Å². The van der Waals surface area contributed by atoms with E-state index in [4.69, 9.17) is 15.9 Å². The van der Waals surface area contributed by atoms with Crippen molar-refractivity contribution in [1.29, 1.82) is 0 Å². The summed E-state index contributed by atoms with van der Waals surface area (Å²) >= 11 is 0. The summed E-state index contributed by atoms with van der Waals surface area (Å²) in [6.45, 7) is 3.90. The molecule has 9 heteroatoms. The van der Waals surface area contributed by atoms with E-state index in [1.54, 1.807) is 6.92 Å². The zero-order valence-electron chi connectivity index (χ0n) is 18.1. The van der Waals surface area contributed by atoms with Gasteiger partial charge in [-0.2, -0.15) is 0 Å². The van der Waals surface area contributed by atoms with Gasteiger partial charge in [0, 0.05) is 19.3 Å². The van der Waals surface area contributed by atoms with Gasteiger partial charge in [-0.1, -0.05) is 46.0 Å². The van der Waals surface area contributed by atoms with Crippen LogP contribution < -0.4 is 11.1 Å². The van der Waals surface area contributed by atoms with Gasteiger partial charge in [0.05, 0.1) is 12.1 Å². The number of amides is 1. The molecule has 1 amide bonds. The first kappa shape index (κ1) is 28.0. The maximum absolute atomic E-state index is 12.1. The Kier molecular flexibility index (Phi) is 14.7.